The van der Waals surface area contributed by atoms with Crippen LogP contribution in [0, 0.1) is 0 Å². The predicted molar refractivity (Wildman–Crippen MR) is 116 cm³/mol. The number of nitrogens with zero attached hydrogens (tertiary/aromatic N) is 1. The van der Waals surface area contributed by atoms with Gasteiger partial charge in [-0.3, -0.25) is 4.90 Å². The van der Waals surface area contributed by atoms with Crippen LogP contribution in [0.2, 0.25) is 0 Å². The Kier molecular flexibility index (Phi) is 7.46. The third kappa shape index (κ3) is 5.00. The van der Waals surface area contributed by atoms with Gasteiger partial charge < -0.3 is 14.8 Å². The molecular weight excluding hydrogens is 380 g/mol. The van der Waals surface area contributed by atoms with E-state index in [2.05, 4.69) is 28.4 Å². The molecule has 2 aromatic rings. The van der Waals surface area contributed by atoms with Crippen LogP contribution in [0.15, 0.2) is 54.6 Å². The summed E-state index contributed by atoms with van der Waals surface area (Å²) < 4.78 is 10.6. The zero-order chi connectivity index (χ0) is 21.4. The van der Waals surface area contributed by atoms with Gasteiger partial charge in [-0.05, 0) is 43.5 Å². The molecule has 3 rings (SSSR count). The van der Waals surface area contributed by atoms with E-state index < -0.39 is 17.5 Å². The summed E-state index contributed by atoms with van der Waals surface area (Å²) in [4.78, 5) is 28.4. The Hall–Kier alpha value is -2.86. The lowest BCUT2D eigenvalue weighted by molar-refractivity contribution is -0.163. The van der Waals surface area contributed by atoms with Crippen molar-refractivity contribution in [3.8, 4) is 0 Å². The molecule has 0 amide bonds. The number of esters is 2. The van der Waals surface area contributed by atoms with E-state index in [0.717, 1.165) is 19.5 Å². The van der Waals surface area contributed by atoms with E-state index in [1.54, 1.807) is 13.8 Å². The van der Waals surface area contributed by atoms with Crippen LogP contribution in [-0.4, -0.2) is 48.7 Å². The van der Waals surface area contributed by atoms with Gasteiger partial charge in [0, 0.05) is 31.7 Å². The smallest absolute Gasteiger partial charge is 0.343 e. The number of carbonyl (C=O) groups excluding carboxylic acids is 2. The standard InChI is InChI=1S/C24H30N2O4/c1-3-29-22(27)24(23(28)30-4-2,25-21-12-6-5-7-13-21)15-17-26-16-14-19-10-8-9-11-20(19)18-26/h5-13,25H,3-4,14-18H2,1-2H3. The van der Waals surface area contributed by atoms with Gasteiger partial charge in [0.25, 0.3) is 0 Å². The molecule has 0 saturated heterocycles. The molecule has 6 nitrogen and oxygen atoms in total. The molecule has 0 saturated carbocycles. The molecule has 6 heteroatoms. The second-order valence-electron chi connectivity index (χ2n) is 7.38. The highest BCUT2D eigenvalue weighted by Gasteiger charge is 2.49. The van der Waals surface area contributed by atoms with Gasteiger partial charge in [-0.1, -0.05) is 42.5 Å². The first-order valence-corrected chi connectivity index (χ1v) is 10.6. The summed E-state index contributed by atoms with van der Waals surface area (Å²) in [5.41, 5.74) is 1.73. The number of fused-ring (bicyclic) bond motifs is 1. The van der Waals surface area contributed by atoms with Crippen LogP contribution in [0.5, 0.6) is 0 Å². The molecule has 0 fully saturated rings. The molecule has 0 spiro atoms. The lowest BCUT2D eigenvalue weighted by Gasteiger charge is -2.34. The molecule has 1 N–H and O–H groups in total. The van der Waals surface area contributed by atoms with E-state index in [1.165, 1.54) is 11.1 Å². The molecule has 1 aliphatic rings. The van der Waals surface area contributed by atoms with Gasteiger partial charge in [-0.25, -0.2) is 9.59 Å². The Bertz CT molecular complexity index is 835. The maximum absolute atomic E-state index is 13.1. The molecular formula is C24H30N2O4. The van der Waals surface area contributed by atoms with Gasteiger partial charge in [0.15, 0.2) is 0 Å². The first kappa shape index (κ1) is 21.8. The highest BCUT2D eigenvalue weighted by atomic mass is 16.6. The number of rotatable bonds is 9. The summed E-state index contributed by atoms with van der Waals surface area (Å²) in [6, 6.07) is 17.6. The van der Waals surface area contributed by atoms with E-state index in [4.69, 9.17) is 9.47 Å². The molecule has 160 valence electrons. The molecule has 0 unspecified atom stereocenters. The zero-order valence-electron chi connectivity index (χ0n) is 17.7. The Labute approximate surface area is 178 Å². The summed E-state index contributed by atoms with van der Waals surface area (Å²) in [7, 11) is 0. The van der Waals surface area contributed by atoms with Crippen molar-refractivity contribution in [1.29, 1.82) is 0 Å². The highest BCUT2D eigenvalue weighted by molar-refractivity contribution is 6.08. The Morgan fingerprint density at radius 3 is 2.17 bits per heavy atom. The minimum atomic E-state index is -1.59. The van der Waals surface area contributed by atoms with E-state index in [9.17, 15) is 9.59 Å². The fourth-order valence-corrected chi connectivity index (χ4v) is 3.80. The van der Waals surface area contributed by atoms with Gasteiger partial charge >= 0.3 is 11.9 Å². The summed E-state index contributed by atoms with van der Waals surface area (Å²) in [5.74, 6) is -1.21. The number of nitrogens with one attached hydrogen (secondary N) is 1. The number of ether oxygens (including phenoxy) is 2. The van der Waals surface area contributed by atoms with Crippen LogP contribution in [0.1, 0.15) is 31.4 Å². The fourth-order valence-electron chi connectivity index (χ4n) is 3.80. The van der Waals surface area contributed by atoms with Crippen molar-refractivity contribution in [1.82, 2.24) is 4.90 Å². The Morgan fingerprint density at radius 1 is 0.933 bits per heavy atom. The zero-order valence-corrected chi connectivity index (χ0v) is 17.7. The third-order valence-corrected chi connectivity index (χ3v) is 5.39. The van der Waals surface area contributed by atoms with E-state index >= 15 is 0 Å². The molecule has 2 aromatic carbocycles. The summed E-state index contributed by atoms with van der Waals surface area (Å²) in [6.45, 7) is 6.08. The molecule has 0 atom stereocenters. The minimum Gasteiger partial charge on any atom is -0.464 e. The van der Waals surface area contributed by atoms with Crippen molar-refractivity contribution in [2.75, 3.05) is 31.6 Å². The molecule has 0 radical (unpaired) electrons. The number of para-hydroxylation sites is 1. The number of anilines is 1. The van der Waals surface area contributed by atoms with E-state index in [0.29, 0.717) is 12.2 Å². The molecule has 1 heterocycles. The maximum Gasteiger partial charge on any atom is 0.343 e. The summed E-state index contributed by atoms with van der Waals surface area (Å²) in [6.07, 6.45) is 1.20. The SMILES string of the molecule is CCOC(=O)C(CCN1CCc2ccccc2C1)(Nc1ccccc1)C(=O)OCC. The van der Waals surface area contributed by atoms with Gasteiger partial charge in [0.2, 0.25) is 5.54 Å². The van der Waals surface area contributed by atoms with Crippen molar-refractivity contribution in [3.63, 3.8) is 0 Å². The van der Waals surface area contributed by atoms with Gasteiger partial charge in [0.1, 0.15) is 0 Å². The monoisotopic (exact) mass is 410 g/mol. The van der Waals surface area contributed by atoms with Crippen LogP contribution >= 0.6 is 0 Å². The van der Waals surface area contributed by atoms with E-state index in [1.807, 2.05) is 36.4 Å². The van der Waals surface area contributed by atoms with Gasteiger partial charge in [-0.2, -0.15) is 0 Å². The molecule has 30 heavy (non-hydrogen) atoms. The number of hydrogen-bond acceptors (Lipinski definition) is 6. The first-order valence-electron chi connectivity index (χ1n) is 10.6. The van der Waals surface area contributed by atoms with Crippen molar-refractivity contribution in [2.24, 2.45) is 0 Å². The molecule has 0 aliphatic carbocycles. The van der Waals surface area contributed by atoms with Crippen molar-refractivity contribution in [3.05, 3.63) is 65.7 Å². The van der Waals surface area contributed by atoms with Crippen LogP contribution in [0.3, 0.4) is 0 Å². The summed E-state index contributed by atoms with van der Waals surface area (Å²) >= 11 is 0. The minimum absolute atomic E-state index is 0.188. The molecule has 0 bridgehead atoms. The van der Waals surface area contributed by atoms with E-state index in [-0.39, 0.29) is 19.6 Å². The average Bonchev–Trinajstić information content (AvgIpc) is 2.77. The van der Waals surface area contributed by atoms with Crippen LogP contribution < -0.4 is 5.32 Å². The third-order valence-electron chi connectivity index (χ3n) is 5.39. The second kappa shape index (κ2) is 10.3. The quantitative estimate of drug-likeness (QED) is 0.505. The van der Waals surface area contributed by atoms with Crippen molar-refractivity contribution in [2.45, 2.75) is 38.8 Å². The topological polar surface area (TPSA) is 67.9 Å². The van der Waals surface area contributed by atoms with Crippen LogP contribution in [0.25, 0.3) is 0 Å². The second-order valence-corrected chi connectivity index (χ2v) is 7.38. The van der Waals surface area contributed by atoms with Crippen molar-refractivity contribution < 1.29 is 19.1 Å². The first-order chi connectivity index (χ1) is 14.6. The molecule has 1 aliphatic heterocycles. The van der Waals surface area contributed by atoms with Gasteiger partial charge in [-0.15, -0.1) is 0 Å². The number of hydrogen-bond donors (Lipinski definition) is 1. The fraction of sp³-hybridized carbons (Fsp3) is 0.417. The Morgan fingerprint density at radius 2 is 1.53 bits per heavy atom. The van der Waals surface area contributed by atoms with Crippen LogP contribution in [-0.2, 0) is 32.0 Å². The predicted octanol–water partition coefficient (Wildman–Crippen LogP) is 3.41. The number of benzene rings is 2. The normalized spacial score (nSPS) is 13.9. The summed E-state index contributed by atoms with van der Waals surface area (Å²) in [5, 5.41) is 3.14. The molecule has 0 aromatic heterocycles. The lowest BCUT2D eigenvalue weighted by atomic mass is 9.92. The lowest BCUT2D eigenvalue weighted by Crippen LogP contribution is -2.57. The largest absolute Gasteiger partial charge is 0.464 e. The van der Waals surface area contributed by atoms with Crippen LogP contribution in [0.4, 0.5) is 5.69 Å². The number of carbonyl (C=O) groups is 2. The maximum atomic E-state index is 13.1. The average molecular weight is 411 g/mol. The van der Waals surface area contributed by atoms with Crippen molar-refractivity contribution >= 4 is 17.6 Å². The Balaban J connectivity index is 1.83. The highest BCUT2D eigenvalue weighted by Crippen LogP contribution is 2.25. The van der Waals surface area contributed by atoms with Gasteiger partial charge in [0.05, 0.1) is 13.2 Å².